The topological polar surface area (TPSA) is 385 Å². The minimum absolute atomic E-state index is 0.0798. The third kappa shape index (κ3) is 18.1. The van der Waals surface area contributed by atoms with Crippen molar-refractivity contribution in [3.05, 3.63) is 65.7 Å². The number of aliphatic hydroxyl groups is 3. The van der Waals surface area contributed by atoms with Crippen molar-refractivity contribution in [1.82, 2.24) is 37.2 Å². The second-order valence-corrected chi connectivity index (χ2v) is 14.8. The molecule has 2 rings (SSSR count). The summed E-state index contributed by atoms with van der Waals surface area (Å²) >= 11 is 0. The zero-order chi connectivity index (χ0) is 47.6. The first-order valence-electron chi connectivity index (χ1n) is 19.7. The lowest BCUT2D eigenvalue weighted by molar-refractivity contribution is -0.143. The SMILES string of the molecule is C[C@H](N)C(=O)N[C@H](C(=O)NCC(=O)N[C@H](C(=O)N[C@@H](CCC(=O)O)C(=O)N[C@@H](Cc1ccccc1)C(=O)N[C@H](C(=O)N[C@@H](Cc1ccc(O)cc1)C(=O)O)[C@@H](C)O)[C@@H](C)O)[C@@H](C)O. The summed E-state index contributed by atoms with van der Waals surface area (Å²) in [5.74, 6) is -10.2. The number of benzene rings is 2. The number of nitrogens with one attached hydrogen (secondary N) is 7. The van der Waals surface area contributed by atoms with Gasteiger partial charge in [-0.05, 0) is 57.4 Å². The molecule has 0 aliphatic carbocycles. The molecule has 10 atom stereocenters. The molecule has 7 amide bonds. The smallest absolute Gasteiger partial charge is 0.326 e. The standard InChI is InChI=1S/C40H56N8O15/c1-19(41)34(56)47-31(20(2)49)37(59)42-18-29(53)46-32(21(3)50)38(60)43-26(14-15-30(54)55)35(57)44-27(16-23-8-6-5-7-9-23)36(58)48-33(22(4)51)39(61)45-28(40(62)63)17-24-10-12-25(52)13-11-24/h5-13,19-22,26-28,31-33,49-52H,14-18,41H2,1-4H3,(H,42,59)(H,43,60)(H,44,57)(H,45,61)(H,46,53)(H,47,56)(H,48,58)(H,54,55)(H,62,63)/t19-,20+,21+,22+,26-,27-,28-,31-,32-,33-/m0/s1. The first-order valence-corrected chi connectivity index (χ1v) is 19.7. The average molecular weight is 889 g/mol. The molecule has 15 N–H and O–H groups in total. The Morgan fingerprint density at radius 2 is 0.984 bits per heavy atom. The largest absolute Gasteiger partial charge is 0.508 e. The molecule has 63 heavy (non-hydrogen) atoms. The Bertz CT molecular complexity index is 1910. The molecule has 0 spiro atoms. The Labute approximate surface area is 361 Å². The van der Waals surface area contributed by atoms with Gasteiger partial charge in [0.05, 0.1) is 30.9 Å². The Hall–Kier alpha value is -6.69. The highest BCUT2D eigenvalue weighted by Crippen LogP contribution is 2.13. The van der Waals surface area contributed by atoms with E-state index in [0.717, 1.165) is 13.8 Å². The van der Waals surface area contributed by atoms with Crippen molar-refractivity contribution < 1.29 is 73.8 Å². The summed E-state index contributed by atoms with van der Waals surface area (Å²) in [7, 11) is 0. The van der Waals surface area contributed by atoms with Gasteiger partial charge in [0, 0.05) is 19.3 Å². The van der Waals surface area contributed by atoms with E-state index in [-0.39, 0.29) is 18.6 Å². The number of amides is 7. The predicted octanol–water partition coefficient (Wildman–Crippen LogP) is -4.36. The van der Waals surface area contributed by atoms with Crippen LogP contribution in [0.2, 0.25) is 0 Å². The van der Waals surface area contributed by atoms with Gasteiger partial charge < -0.3 is 73.6 Å². The van der Waals surface area contributed by atoms with Gasteiger partial charge in [-0.15, -0.1) is 0 Å². The highest BCUT2D eigenvalue weighted by Gasteiger charge is 2.35. The second kappa shape index (κ2) is 25.3. The molecule has 2 aromatic carbocycles. The number of carboxylic acids is 2. The highest BCUT2D eigenvalue weighted by molar-refractivity contribution is 5.97. The van der Waals surface area contributed by atoms with Crippen LogP contribution >= 0.6 is 0 Å². The molecule has 346 valence electrons. The number of carbonyl (C=O) groups excluding carboxylic acids is 7. The first kappa shape index (κ1) is 52.4. The summed E-state index contributed by atoms with van der Waals surface area (Å²) in [4.78, 5) is 116. The molecule has 0 bridgehead atoms. The predicted molar refractivity (Wildman–Crippen MR) is 220 cm³/mol. The Morgan fingerprint density at radius 3 is 1.49 bits per heavy atom. The minimum atomic E-state index is -1.81. The number of aliphatic hydroxyl groups excluding tert-OH is 3. The summed E-state index contributed by atoms with van der Waals surface area (Å²) in [6, 6.07) is 2.59. The van der Waals surface area contributed by atoms with E-state index in [1.165, 1.54) is 38.1 Å². The van der Waals surface area contributed by atoms with E-state index < -0.39 is 133 Å². The number of rotatable bonds is 25. The van der Waals surface area contributed by atoms with Gasteiger partial charge in [0.15, 0.2) is 0 Å². The number of hydrogen-bond acceptors (Lipinski definition) is 14. The number of aliphatic carboxylic acids is 2. The summed E-state index contributed by atoms with van der Waals surface area (Å²) in [6.07, 6.45) is -6.46. The van der Waals surface area contributed by atoms with Crippen molar-refractivity contribution in [2.45, 2.75) is 114 Å². The molecule has 0 radical (unpaired) electrons. The number of phenols is 1. The van der Waals surface area contributed by atoms with E-state index in [1.807, 2.05) is 0 Å². The molecule has 23 nitrogen and oxygen atoms in total. The van der Waals surface area contributed by atoms with Gasteiger partial charge in [0.2, 0.25) is 41.4 Å². The summed E-state index contributed by atoms with van der Waals surface area (Å²) in [6.45, 7) is 3.94. The maximum Gasteiger partial charge on any atom is 0.326 e. The van der Waals surface area contributed by atoms with Crippen LogP contribution < -0.4 is 43.0 Å². The van der Waals surface area contributed by atoms with E-state index in [0.29, 0.717) is 11.1 Å². The monoisotopic (exact) mass is 888 g/mol. The van der Waals surface area contributed by atoms with Gasteiger partial charge in [0.1, 0.15) is 42.0 Å². The van der Waals surface area contributed by atoms with E-state index in [1.54, 1.807) is 30.3 Å². The van der Waals surface area contributed by atoms with Crippen molar-refractivity contribution in [1.29, 1.82) is 0 Å². The van der Waals surface area contributed by atoms with Crippen LogP contribution in [0.25, 0.3) is 0 Å². The Morgan fingerprint density at radius 1 is 0.540 bits per heavy atom. The molecule has 0 saturated heterocycles. The number of aromatic hydroxyl groups is 1. The quantitative estimate of drug-likeness (QED) is 0.0448. The van der Waals surface area contributed by atoms with Crippen LogP contribution in [-0.2, 0) is 56.0 Å². The molecular formula is C40H56N8O15. The summed E-state index contributed by atoms with van der Waals surface area (Å²) in [5, 5.41) is 75.5. The van der Waals surface area contributed by atoms with Gasteiger partial charge in [-0.1, -0.05) is 42.5 Å². The number of hydrogen-bond donors (Lipinski definition) is 14. The lowest BCUT2D eigenvalue weighted by Gasteiger charge is -2.28. The van der Waals surface area contributed by atoms with E-state index in [4.69, 9.17) is 5.73 Å². The van der Waals surface area contributed by atoms with Crippen LogP contribution in [-0.4, -0.2) is 151 Å². The molecule has 23 heteroatoms. The number of phenolic OH excluding ortho intramolecular Hbond substituents is 1. The van der Waals surface area contributed by atoms with Crippen LogP contribution in [0.1, 0.15) is 51.7 Å². The fourth-order valence-corrected chi connectivity index (χ4v) is 5.71. The van der Waals surface area contributed by atoms with Crippen LogP contribution in [0, 0.1) is 0 Å². The van der Waals surface area contributed by atoms with Crippen molar-refractivity contribution in [3.63, 3.8) is 0 Å². The summed E-state index contributed by atoms with van der Waals surface area (Å²) < 4.78 is 0. The van der Waals surface area contributed by atoms with Crippen LogP contribution in [0.4, 0.5) is 0 Å². The van der Waals surface area contributed by atoms with E-state index in [9.17, 15) is 73.8 Å². The fraction of sp³-hybridized carbons (Fsp3) is 0.475. The zero-order valence-corrected chi connectivity index (χ0v) is 34.9. The highest BCUT2D eigenvalue weighted by atomic mass is 16.4. The molecule has 0 unspecified atom stereocenters. The normalized spacial score (nSPS) is 15.7. The van der Waals surface area contributed by atoms with Gasteiger partial charge in [-0.25, -0.2) is 4.79 Å². The number of carbonyl (C=O) groups is 9. The molecular weight excluding hydrogens is 832 g/mol. The van der Waals surface area contributed by atoms with E-state index >= 15 is 0 Å². The number of nitrogens with two attached hydrogens (primary N) is 1. The van der Waals surface area contributed by atoms with Gasteiger partial charge in [-0.2, -0.15) is 0 Å². The van der Waals surface area contributed by atoms with Crippen LogP contribution in [0.15, 0.2) is 54.6 Å². The first-order chi connectivity index (χ1) is 29.5. The molecule has 0 fully saturated rings. The third-order valence-corrected chi connectivity index (χ3v) is 9.23. The maximum atomic E-state index is 13.9. The van der Waals surface area contributed by atoms with Crippen LogP contribution in [0.3, 0.4) is 0 Å². The van der Waals surface area contributed by atoms with Gasteiger partial charge >= 0.3 is 11.9 Å². The van der Waals surface area contributed by atoms with Crippen LogP contribution in [0.5, 0.6) is 5.75 Å². The number of carboxylic acid groups (broad SMARTS) is 2. The van der Waals surface area contributed by atoms with Crippen molar-refractivity contribution in [3.8, 4) is 5.75 Å². The average Bonchev–Trinajstić information content (AvgIpc) is 3.21. The Balaban J connectivity index is 2.30. The fourth-order valence-electron chi connectivity index (χ4n) is 5.71. The zero-order valence-electron chi connectivity index (χ0n) is 34.9. The molecule has 2 aromatic rings. The minimum Gasteiger partial charge on any atom is -0.508 e. The molecule has 0 aliphatic heterocycles. The molecule has 0 heterocycles. The van der Waals surface area contributed by atoms with E-state index in [2.05, 4.69) is 37.2 Å². The van der Waals surface area contributed by atoms with Crippen molar-refractivity contribution >= 4 is 53.3 Å². The third-order valence-electron chi connectivity index (χ3n) is 9.23. The molecule has 0 aromatic heterocycles. The van der Waals surface area contributed by atoms with Gasteiger partial charge in [-0.3, -0.25) is 38.4 Å². The maximum absolute atomic E-state index is 13.9. The lowest BCUT2D eigenvalue weighted by atomic mass is 10.0. The van der Waals surface area contributed by atoms with Crippen molar-refractivity contribution in [2.24, 2.45) is 5.73 Å². The second-order valence-electron chi connectivity index (χ2n) is 14.8. The van der Waals surface area contributed by atoms with Gasteiger partial charge in [0.25, 0.3) is 0 Å². The Kier molecular flexibility index (Phi) is 21.1. The molecule has 0 saturated carbocycles. The molecule has 0 aliphatic rings. The van der Waals surface area contributed by atoms with Crippen molar-refractivity contribution in [2.75, 3.05) is 6.54 Å². The summed E-state index contributed by atoms with van der Waals surface area (Å²) in [5.41, 5.74) is 6.39. The lowest BCUT2D eigenvalue weighted by Crippen LogP contribution is -2.62.